The predicted octanol–water partition coefficient (Wildman–Crippen LogP) is 4.11. The lowest BCUT2D eigenvalue weighted by Crippen LogP contribution is -2.41. The van der Waals surface area contributed by atoms with E-state index in [4.69, 9.17) is 9.31 Å². The van der Waals surface area contributed by atoms with Crippen molar-refractivity contribution in [3.05, 3.63) is 35.9 Å². The van der Waals surface area contributed by atoms with Gasteiger partial charge in [0.2, 0.25) is 0 Å². The summed E-state index contributed by atoms with van der Waals surface area (Å²) >= 11 is 0. The molecule has 0 spiro atoms. The summed E-state index contributed by atoms with van der Waals surface area (Å²) in [5, 5.41) is 0. The van der Waals surface area contributed by atoms with E-state index in [0.29, 0.717) is 0 Å². The maximum absolute atomic E-state index is 6.15. The molecule has 2 rings (SSSR count). The predicted molar refractivity (Wildman–Crippen MR) is 88.5 cm³/mol. The molecule has 20 heavy (non-hydrogen) atoms. The van der Waals surface area contributed by atoms with E-state index < -0.39 is 8.07 Å². The monoisotopic (exact) mass is 290 g/mol. The summed E-state index contributed by atoms with van der Waals surface area (Å²) in [4.78, 5) is 0. The SMILES string of the molecule is CC1(C)OB(C[Si](C)(C)Cc2ccccc2)OC1(C)C. The van der Waals surface area contributed by atoms with Crippen LogP contribution in [0.4, 0.5) is 0 Å². The Hall–Kier alpha value is -0.578. The molecule has 1 heterocycles. The van der Waals surface area contributed by atoms with Gasteiger partial charge in [-0.1, -0.05) is 49.0 Å². The summed E-state index contributed by atoms with van der Waals surface area (Å²) in [5.74, 6) is 1.05. The Labute approximate surface area is 125 Å². The molecule has 0 aromatic heterocycles. The molecule has 1 saturated heterocycles. The summed E-state index contributed by atoms with van der Waals surface area (Å²) in [6.45, 7) is 13.3. The Morgan fingerprint density at radius 1 is 0.950 bits per heavy atom. The summed E-state index contributed by atoms with van der Waals surface area (Å²) in [6.07, 6.45) is 0. The summed E-state index contributed by atoms with van der Waals surface area (Å²) in [6, 6.07) is 11.9. The Balaban J connectivity index is 2.00. The van der Waals surface area contributed by atoms with E-state index in [1.54, 1.807) is 0 Å². The van der Waals surface area contributed by atoms with Gasteiger partial charge in [0.15, 0.2) is 0 Å². The van der Waals surface area contributed by atoms with Gasteiger partial charge in [0.1, 0.15) is 0 Å². The van der Waals surface area contributed by atoms with Gasteiger partial charge in [-0.3, -0.25) is 0 Å². The van der Waals surface area contributed by atoms with Crippen molar-refractivity contribution in [2.24, 2.45) is 0 Å². The van der Waals surface area contributed by atoms with Crippen LogP contribution in [-0.4, -0.2) is 26.4 Å². The first-order chi connectivity index (χ1) is 9.11. The number of benzene rings is 1. The van der Waals surface area contributed by atoms with Crippen molar-refractivity contribution in [2.75, 3.05) is 0 Å². The van der Waals surface area contributed by atoms with Gasteiger partial charge in [0.05, 0.1) is 11.2 Å². The van der Waals surface area contributed by atoms with Crippen LogP contribution in [0.5, 0.6) is 0 Å². The lowest BCUT2D eigenvalue weighted by atomic mass is 9.90. The molecule has 1 fully saturated rings. The van der Waals surface area contributed by atoms with Gasteiger partial charge in [-0.2, -0.15) is 0 Å². The summed E-state index contributed by atoms with van der Waals surface area (Å²) < 4.78 is 12.3. The first-order valence-electron chi connectivity index (χ1n) is 7.51. The van der Waals surface area contributed by atoms with Crippen LogP contribution in [0.1, 0.15) is 33.3 Å². The molecule has 0 aliphatic carbocycles. The van der Waals surface area contributed by atoms with Gasteiger partial charge in [0.25, 0.3) is 0 Å². The fourth-order valence-corrected chi connectivity index (χ4v) is 5.27. The van der Waals surface area contributed by atoms with Crippen molar-refractivity contribution in [3.8, 4) is 0 Å². The van der Waals surface area contributed by atoms with E-state index in [1.807, 2.05) is 0 Å². The van der Waals surface area contributed by atoms with Crippen LogP contribution in [0, 0.1) is 0 Å². The molecule has 1 aliphatic rings. The van der Waals surface area contributed by atoms with Crippen LogP contribution in [0.3, 0.4) is 0 Å². The number of hydrogen-bond donors (Lipinski definition) is 0. The standard InChI is InChI=1S/C16H27BO2Si/c1-15(2)16(3,4)19-17(18-15)13-20(5,6)12-14-10-8-7-9-11-14/h7-11H,12-13H2,1-6H3. The van der Waals surface area contributed by atoms with E-state index >= 15 is 0 Å². The third kappa shape index (κ3) is 3.54. The van der Waals surface area contributed by atoms with Crippen LogP contribution in [0.25, 0.3) is 0 Å². The highest BCUT2D eigenvalue weighted by Crippen LogP contribution is 2.39. The van der Waals surface area contributed by atoms with Gasteiger partial charge in [-0.05, 0) is 39.7 Å². The molecule has 0 bridgehead atoms. The average Bonchev–Trinajstić information content (AvgIpc) is 2.46. The van der Waals surface area contributed by atoms with Crippen molar-refractivity contribution >= 4 is 15.2 Å². The zero-order valence-electron chi connectivity index (χ0n) is 13.7. The fraction of sp³-hybridized carbons (Fsp3) is 0.625. The second-order valence-electron chi connectivity index (χ2n) is 7.72. The second kappa shape index (κ2) is 5.32. The lowest BCUT2D eigenvalue weighted by molar-refractivity contribution is 0.00578. The summed E-state index contributed by atoms with van der Waals surface area (Å²) in [7, 11) is -1.43. The normalized spacial score (nSPS) is 21.2. The Morgan fingerprint density at radius 2 is 1.45 bits per heavy atom. The number of rotatable bonds is 4. The molecule has 1 aromatic rings. The quantitative estimate of drug-likeness (QED) is 0.777. The van der Waals surface area contributed by atoms with Crippen molar-refractivity contribution in [1.29, 1.82) is 0 Å². The zero-order valence-corrected chi connectivity index (χ0v) is 14.7. The van der Waals surface area contributed by atoms with Crippen LogP contribution >= 0.6 is 0 Å². The minimum atomic E-state index is -1.38. The van der Waals surface area contributed by atoms with Crippen molar-refractivity contribution in [3.63, 3.8) is 0 Å². The second-order valence-corrected chi connectivity index (χ2v) is 12.8. The molecular weight excluding hydrogens is 263 g/mol. The third-order valence-electron chi connectivity index (χ3n) is 4.55. The molecule has 0 N–H and O–H groups in total. The van der Waals surface area contributed by atoms with Gasteiger partial charge in [0, 0.05) is 8.07 Å². The van der Waals surface area contributed by atoms with Gasteiger partial charge in [-0.25, -0.2) is 0 Å². The third-order valence-corrected chi connectivity index (χ3v) is 7.35. The largest absolute Gasteiger partial charge is 0.454 e. The molecule has 4 heteroatoms. The van der Waals surface area contributed by atoms with Crippen molar-refractivity contribution in [1.82, 2.24) is 0 Å². The van der Waals surface area contributed by atoms with E-state index in [9.17, 15) is 0 Å². The molecule has 1 aromatic carbocycles. The topological polar surface area (TPSA) is 18.5 Å². The number of hydrogen-bond acceptors (Lipinski definition) is 2. The highest BCUT2D eigenvalue weighted by molar-refractivity contribution is 6.85. The maximum atomic E-state index is 6.15. The minimum absolute atomic E-state index is 0.0506. The Bertz CT molecular complexity index is 441. The smallest absolute Gasteiger partial charge is 0.403 e. The van der Waals surface area contributed by atoms with Crippen LogP contribution in [-0.2, 0) is 15.4 Å². The Kier molecular flexibility index (Phi) is 4.20. The molecule has 0 saturated carbocycles. The van der Waals surface area contributed by atoms with Crippen molar-refractivity contribution < 1.29 is 9.31 Å². The summed E-state index contributed by atoms with van der Waals surface area (Å²) in [5.41, 5.74) is 1.00. The van der Waals surface area contributed by atoms with Crippen molar-refractivity contribution in [2.45, 2.75) is 64.0 Å². The molecule has 0 unspecified atom stereocenters. The maximum Gasteiger partial charge on any atom is 0.454 e. The minimum Gasteiger partial charge on any atom is -0.403 e. The fourth-order valence-electron chi connectivity index (χ4n) is 2.72. The van der Waals surface area contributed by atoms with Crippen LogP contribution in [0.2, 0.25) is 19.0 Å². The first-order valence-corrected chi connectivity index (χ1v) is 10.9. The van der Waals surface area contributed by atoms with E-state index in [0.717, 1.165) is 5.94 Å². The van der Waals surface area contributed by atoms with Gasteiger partial charge >= 0.3 is 7.12 Å². The Morgan fingerprint density at radius 3 is 1.95 bits per heavy atom. The molecular formula is C16H27BO2Si. The molecule has 1 aliphatic heterocycles. The molecule has 2 nitrogen and oxygen atoms in total. The van der Waals surface area contributed by atoms with Gasteiger partial charge < -0.3 is 9.31 Å². The van der Waals surface area contributed by atoms with E-state index in [-0.39, 0.29) is 18.3 Å². The van der Waals surface area contributed by atoms with E-state index in [2.05, 4.69) is 71.1 Å². The average molecular weight is 290 g/mol. The molecule has 110 valence electrons. The van der Waals surface area contributed by atoms with Crippen LogP contribution < -0.4 is 0 Å². The van der Waals surface area contributed by atoms with E-state index in [1.165, 1.54) is 11.6 Å². The lowest BCUT2D eigenvalue weighted by Gasteiger charge is -2.32. The first kappa shape index (κ1) is 15.8. The molecule has 0 atom stereocenters. The highest BCUT2D eigenvalue weighted by atomic mass is 28.3. The van der Waals surface area contributed by atoms with Crippen LogP contribution in [0.15, 0.2) is 30.3 Å². The molecule has 0 radical (unpaired) electrons. The molecule has 0 amide bonds. The highest BCUT2D eigenvalue weighted by Gasteiger charge is 2.52. The zero-order chi connectivity index (χ0) is 15.0. The van der Waals surface area contributed by atoms with Gasteiger partial charge in [-0.15, -0.1) is 0 Å².